The van der Waals surface area contributed by atoms with Gasteiger partial charge in [0.2, 0.25) is 0 Å². The van der Waals surface area contributed by atoms with Crippen molar-refractivity contribution in [3.8, 4) is 22.7 Å². The van der Waals surface area contributed by atoms with E-state index in [-0.39, 0.29) is 5.69 Å². The van der Waals surface area contributed by atoms with Crippen molar-refractivity contribution < 1.29 is 4.74 Å². The molecule has 0 saturated heterocycles. The van der Waals surface area contributed by atoms with Crippen LogP contribution in [0.1, 0.15) is 28.6 Å². The molecular weight excluding hydrogens is 386 g/mol. The summed E-state index contributed by atoms with van der Waals surface area (Å²) < 4.78 is 7.35. The average Bonchev–Trinajstić information content (AvgIpc) is 3.36. The van der Waals surface area contributed by atoms with E-state index >= 15 is 0 Å². The van der Waals surface area contributed by atoms with Crippen LogP contribution in [0.25, 0.3) is 16.9 Å². The first-order valence-corrected chi connectivity index (χ1v) is 10.2. The highest BCUT2D eigenvalue weighted by Crippen LogP contribution is 2.28. The molecule has 2 aromatic carbocycles. The van der Waals surface area contributed by atoms with Gasteiger partial charge in [-0.25, -0.2) is 14.9 Å². The Morgan fingerprint density at radius 2 is 2.03 bits per heavy atom. The van der Waals surface area contributed by atoms with E-state index in [1.165, 1.54) is 4.68 Å². The van der Waals surface area contributed by atoms with Crippen LogP contribution in [-0.2, 0) is 13.0 Å². The van der Waals surface area contributed by atoms with Crippen LogP contribution >= 0.6 is 11.3 Å². The lowest BCUT2D eigenvalue weighted by Crippen LogP contribution is -2.18. The number of nitrogens with zero attached hydrogens (tertiary/aromatic N) is 4. The van der Waals surface area contributed by atoms with Crippen molar-refractivity contribution in [3.05, 3.63) is 74.0 Å². The second-order valence-corrected chi connectivity index (χ2v) is 7.68. The lowest BCUT2D eigenvalue weighted by Gasteiger charge is -2.14. The summed E-state index contributed by atoms with van der Waals surface area (Å²) in [5.74, 6) is 0.793. The first kappa shape index (κ1) is 19.1. The van der Waals surface area contributed by atoms with Gasteiger partial charge in [0, 0.05) is 16.5 Å². The van der Waals surface area contributed by atoms with Crippen LogP contribution in [0, 0.1) is 13.8 Å². The summed E-state index contributed by atoms with van der Waals surface area (Å²) in [4.78, 5) is 16.6. The predicted molar refractivity (Wildman–Crippen MR) is 113 cm³/mol. The zero-order chi connectivity index (χ0) is 20.4. The highest BCUT2D eigenvalue weighted by molar-refractivity contribution is 7.09. The van der Waals surface area contributed by atoms with Gasteiger partial charge in [-0.3, -0.25) is 0 Å². The van der Waals surface area contributed by atoms with Crippen molar-refractivity contribution in [1.82, 2.24) is 25.2 Å². The molecule has 0 spiro atoms. The fraction of sp³-hybridized carbons (Fsp3) is 0.238. The van der Waals surface area contributed by atoms with Gasteiger partial charge >= 0.3 is 5.69 Å². The molecule has 4 aromatic rings. The van der Waals surface area contributed by atoms with E-state index in [1.807, 2.05) is 44.2 Å². The van der Waals surface area contributed by atoms with Crippen molar-refractivity contribution in [2.24, 2.45) is 0 Å². The highest BCUT2D eigenvalue weighted by Gasteiger charge is 2.13. The van der Waals surface area contributed by atoms with Crippen LogP contribution in [0.3, 0.4) is 0 Å². The molecule has 0 radical (unpaired) electrons. The molecule has 0 aliphatic heterocycles. The first-order valence-electron chi connectivity index (χ1n) is 9.34. The van der Waals surface area contributed by atoms with Gasteiger partial charge in [0.25, 0.3) is 0 Å². The summed E-state index contributed by atoms with van der Waals surface area (Å²) in [6, 6.07) is 11.8. The summed E-state index contributed by atoms with van der Waals surface area (Å²) in [7, 11) is 0. The van der Waals surface area contributed by atoms with Gasteiger partial charge in [-0.15, -0.1) is 11.3 Å². The molecule has 0 amide bonds. The Balaban J connectivity index is 1.59. The van der Waals surface area contributed by atoms with Crippen LogP contribution in [0.5, 0.6) is 5.75 Å². The Kier molecular flexibility index (Phi) is 5.26. The number of rotatable bonds is 6. The summed E-state index contributed by atoms with van der Waals surface area (Å²) in [6.45, 7) is 6.43. The van der Waals surface area contributed by atoms with Crippen LogP contribution in [0.4, 0.5) is 0 Å². The number of benzene rings is 2. The number of aromatic nitrogens is 5. The van der Waals surface area contributed by atoms with Crippen molar-refractivity contribution >= 4 is 11.3 Å². The zero-order valence-corrected chi connectivity index (χ0v) is 17.3. The molecule has 0 aliphatic carbocycles. The first-order chi connectivity index (χ1) is 14.1. The number of H-pyrrole nitrogens is 1. The van der Waals surface area contributed by atoms with Gasteiger partial charge < -0.3 is 4.74 Å². The molecule has 0 atom stereocenters. The maximum absolute atomic E-state index is 11.9. The van der Waals surface area contributed by atoms with Crippen LogP contribution in [-0.4, -0.2) is 25.2 Å². The number of tetrazole rings is 1. The highest BCUT2D eigenvalue weighted by atomic mass is 32.1. The monoisotopic (exact) mass is 407 g/mol. The standard InChI is InChI=1S/C21H21N5O2S/c1-4-20-22-17(12-29-20)15-8-9-19(14(3)10-15)28-11-16-13(2)6-5-7-18(16)26-21(27)23-24-25-26/h5-10,12H,4,11H2,1-3H3,(H,23,25,27). The molecule has 0 fully saturated rings. The van der Waals surface area contributed by atoms with E-state index in [4.69, 9.17) is 4.74 Å². The molecule has 0 saturated carbocycles. The molecule has 0 aliphatic rings. The Morgan fingerprint density at radius 3 is 2.72 bits per heavy atom. The van der Waals surface area contributed by atoms with Crippen molar-refractivity contribution in [2.75, 3.05) is 0 Å². The topological polar surface area (TPSA) is 85.7 Å². The molecule has 0 unspecified atom stereocenters. The van der Waals surface area contributed by atoms with Gasteiger partial charge in [-0.05, 0) is 66.1 Å². The molecule has 8 heteroatoms. The van der Waals surface area contributed by atoms with Gasteiger partial charge in [-0.1, -0.05) is 19.1 Å². The average molecular weight is 407 g/mol. The molecule has 4 rings (SSSR count). The number of thiazole rings is 1. The molecular formula is C21H21N5O2S. The van der Waals surface area contributed by atoms with E-state index in [2.05, 4.69) is 38.9 Å². The molecule has 7 nitrogen and oxygen atoms in total. The minimum absolute atomic E-state index is 0.318. The molecule has 2 heterocycles. The molecule has 29 heavy (non-hydrogen) atoms. The minimum Gasteiger partial charge on any atom is -0.489 e. The van der Waals surface area contributed by atoms with E-state index in [1.54, 1.807) is 11.3 Å². The second-order valence-electron chi connectivity index (χ2n) is 6.74. The predicted octanol–water partition coefficient (Wildman–Crippen LogP) is 3.84. The van der Waals surface area contributed by atoms with Crippen LogP contribution in [0.15, 0.2) is 46.6 Å². The lowest BCUT2D eigenvalue weighted by atomic mass is 10.1. The van der Waals surface area contributed by atoms with E-state index in [0.717, 1.165) is 45.1 Å². The summed E-state index contributed by atoms with van der Waals surface area (Å²) in [5, 5.41) is 13.0. The number of hydrogen-bond donors (Lipinski definition) is 1. The third kappa shape index (κ3) is 3.84. The fourth-order valence-corrected chi connectivity index (χ4v) is 3.91. The van der Waals surface area contributed by atoms with Gasteiger partial charge in [0.05, 0.1) is 16.4 Å². The third-order valence-corrected chi connectivity index (χ3v) is 5.78. The Morgan fingerprint density at radius 1 is 1.17 bits per heavy atom. The van der Waals surface area contributed by atoms with Gasteiger partial charge in [0.1, 0.15) is 12.4 Å². The molecule has 2 aromatic heterocycles. The second kappa shape index (κ2) is 8.00. The van der Waals surface area contributed by atoms with Crippen LogP contribution in [0.2, 0.25) is 0 Å². The Bertz CT molecular complexity index is 1210. The Hall–Kier alpha value is -3.26. The SMILES string of the molecule is CCc1nc(-c2ccc(OCc3c(C)cccc3-n3nn[nH]c3=O)c(C)c2)cs1. The summed E-state index contributed by atoms with van der Waals surface area (Å²) >= 11 is 1.68. The summed E-state index contributed by atoms with van der Waals surface area (Å²) in [6.07, 6.45) is 0.943. The quantitative estimate of drug-likeness (QED) is 0.525. The molecule has 1 N–H and O–H groups in total. The fourth-order valence-electron chi connectivity index (χ4n) is 3.15. The smallest absolute Gasteiger partial charge is 0.365 e. The number of nitrogens with one attached hydrogen (secondary N) is 1. The molecule has 148 valence electrons. The van der Waals surface area contributed by atoms with Crippen LogP contribution < -0.4 is 10.4 Å². The largest absolute Gasteiger partial charge is 0.489 e. The van der Waals surface area contributed by atoms with Crippen molar-refractivity contribution in [3.63, 3.8) is 0 Å². The maximum Gasteiger partial charge on any atom is 0.365 e. The van der Waals surface area contributed by atoms with Crippen molar-refractivity contribution in [2.45, 2.75) is 33.8 Å². The van der Waals surface area contributed by atoms with Crippen molar-refractivity contribution in [1.29, 1.82) is 0 Å². The van der Waals surface area contributed by atoms with Gasteiger partial charge in [-0.2, -0.15) is 4.68 Å². The maximum atomic E-state index is 11.9. The van der Waals surface area contributed by atoms with E-state index in [9.17, 15) is 4.79 Å². The molecule has 0 bridgehead atoms. The number of ether oxygens (including phenoxy) is 1. The number of aryl methyl sites for hydroxylation is 3. The normalized spacial score (nSPS) is 11.0. The third-order valence-electron chi connectivity index (χ3n) is 4.78. The number of aromatic amines is 1. The Labute approximate surface area is 172 Å². The van der Waals surface area contributed by atoms with E-state index in [0.29, 0.717) is 12.3 Å². The number of hydrogen-bond acceptors (Lipinski definition) is 6. The van der Waals surface area contributed by atoms with E-state index < -0.39 is 0 Å². The minimum atomic E-state index is -0.382. The van der Waals surface area contributed by atoms with Gasteiger partial charge in [0.15, 0.2) is 0 Å². The summed E-state index contributed by atoms with van der Waals surface area (Å²) in [5.41, 5.74) is 5.28. The zero-order valence-electron chi connectivity index (χ0n) is 16.5. The lowest BCUT2D eigenvalue weighted by molar-refractivity contribution is 0.302.